The molecule has 2 aromatic heterocycles. The third-order valence-corrected chi connectivity index (χ3v) is 5.23. The molecular formula is C19H19N3O2S. The summed E-state index contributed by atoms with van der Waals surface area (Å²) in [5, 5.41) is 8.22. The maximum absolute atomic E-state index is 12.6. The van der Waals surface area contributed by atoms with Crippen LogP contribution in [0.25, 0.3) is 10.2 Å². The van der Waals surface area contributed by atoms with Gasteiger partial charge in [-0.15, -0.1) is 11.3 Å². The summed E-state index contributed by atoms with van der Waals surface area (Å²) >= 11 is 1.53. The van der Waals surface area contributed by atoms with Gasteiger partial charge in [-0.1, -0.05) is 0 Å². The molecule has 0 unspecified atom stereocenters. The predicted octanol–water partition coefficient (Wildman–Crippen LogP) is 3.68. The molecule has 1 saturated heterocycles. The number of carbonyl (C=O) groups is 1. The van der Waals surface area contributed by atoms with Crippen molar-refractivity contribution >= 4 is 33.1 Å². The molecule has 1 aliphatic rings. The van der Waals surface area contributed by atoms with Crippen LogP contribution < -0.4 is 15.4 Å². The minimum Gasteiger partial charge on any atom is -0.490 e. The zero-order valence-corrected chi connectivity index (χ0v) is 14.5. The van der Waals surface area contributed by atoms with Crippen LogP contribution in [0.4, 0.5) is 5.69 Å². The minimum absolute atomic E-state index is 0.123. The lowest BCUT2D eigenvalue weighted by Crippen LogP contribution is -2.34. The Bertz CT molecular complexity index is 870. The van der Waals surface area contributed by atoms with Crippen molar-refractivity contribution in [1.29, 1.82) is 0 Å². The minimum atomic E-state index is -0.123. The number of nitrogens with zero attached hydrogens (tertiary/aromatic N) is 1. The van der Waals surface area contributed by atoms with Crippen molar-refractivity contribution in [2.75, 3.05) is 18.4 Å². The molecule has 0 radical (unpaired) electrons. The topological polar surface area (TPSA) is 63.2 Å². The maximum Gasteiger partial charge on any atom is 0.257 e. The Kier molecular flexibility index (Phi) is 4.63. The number of hydrogen-bond donors (Lipinski definition) is 2. The number of piperidine rings is 1. The van der Waals surface area contributed by atoms with Gasteiger partial charge in [0.05, 0.1) is 15.8 Å². The molecule has 0 aliphatic carbocycles. The summed E-state index contributed by atoms with van der Waals surface area (Å²) in [7, 11) is 0. The van der Waals surface area contributed by atoms with Gasteiger partial charge in [0.15, 0.2) is 0 Å². The van der Waals surface area contributed by atoms with Gasteiger partial charge in [-0.3, -0.25) is 9.78 Å². The number of carbonyl (C=O) groups excluding carboxylic acids is 1. The van der Waals surface area contributed by atoms with Crippen molar-refractivity contribution in [3.05, 3.63) is 53.5 Å². The lowest BCUT2D eigenvalue weighted by molar-refractivity contribution is 0.102. The molecule has 2 N–H and O–H groups in total. The van der Waals surface area contributed by atoms with Gasteiger partial charge in [-0.05, 0) is 67.7 Å². The Labute approximate surface area is 150 Å². The van der Waals surface area contributed by atoms with Crippen LogP contribution in [0.3, 0.4) is 0 Å². The number of rotatable bonds is 4. The molecule has 3 heterocycles. The number of fused-ring (bicyclic) bond motifs is 1. The first kappa shape index (κ1) is 16.1. The summed E-state index contributed by atoms with van der Waals surface area (Å²) in [6, 6.07) is 11.2. The van der Waals surface area contributed by atoms with E-state index in [1.54, 1.807) is 12.3 Å². The number of ether oxygens (including phenoxy) is 1. The number of amides is 1. The highest BCUT2D eigenvalue weighted by Crippen LogP contribution is 2.24. The molecule has 0 atom stereocenters. The van der Waals surface area contributed by atoms with Crippen molar-refractivity contribution in [3.63, 3.8) is 0 Å². The van der Waals surface area contributed by atoms with Crippen LogP contribution in [0.5, 0.6) is 5.75 Å². The summed E-state index contributed by atoms with van der Waals surface area (Å²) in [4.78, 5) is 16.8. The first-order valence-electron chi connectivity index (χ1n) is 8.40. The summed E-state index contributed by atoms with van der Waals surface area (Å²) in [6.45, 7) is 2.00. The van der Waals surface area contributed by atoms with Gasteiger partial charge in [-0.2, -0.15) is 0 Å². The molecule has 1 aromatic carbocycles. The van der Waals surface area contributed by atoms with Crippen LogP contribution in [0.15, 0.2) is 48.0 Å². The van der Waals surface area contributed by atoms with E-state index in [9.17, 15) is 4.79 Å². The Morgan fingerprint density at radius 3 is 2.76 bits per heavy atom. The summed E-state index contributed by atoms with van der Waals surface area (Å²) in [5.74, 6) is 0.719. The molecule has 6 heteroatoms. The lowest BCUT2D eigenvalue weighted by Gasteiger charge is -2.23. The second-order valence-electron chi connectivity index (χ2n) is 6.04. The smallest absolute Gasteiger partial charge is 0.257 e. The Morgan fingerprint density at radius 2 is 1.96 bits per heavy atom. The zero-order chi connectivity index (χ0) is 17.1. The van der Waals surface area contributed by atoms with Gasteiger partial charge >= 0.3 is 0 Å². The van der Waals surface area contributed by atoms with Crippen LogP contribution in [0.2, 0.25) is 0 Å². The van der Waals surface area contributed by atoms with Crippen molar-refractivity contribution in [1.82, 2.24) is 10.3 Å². The normalized spacial score (nSPS) is 15.2. The maximum atomic E-state index is 12.6. The molecule has 3 aromatic rings. The Balaban J connectivity index is 1.44. The van der Waals surface area contributed by atoms with Gasteiger partial charge < -0.3 is 15.4 Å². The highest BCUT2D eigenvalue weighted by atomic mass is 32.1. The van der Waals surface area contributed by atoms with Gasteiger partial charge in [0.2, 0.25) is 0 Å². The van der Waals surface area contributed by atoms with Gasteiger partial charge in [0, 0.05) is 11.9 Å². The number of thiophene rings is 1. The largest absolute Gasteiger partial charge is 0.490 e. The molecule has 1 aliphatic heterocycles. The van der Waals surface area contributed by atoms with E-state index in [-0.39, 0.29) is 12.0 Å². The Hall–Kier alpha value is -2.44. The van der Waals surface area contributed by atoms with Crippen molar-refractivity contribution in [2.24, 2.45) is 0 Å². The van der Waals surface area contributed by atoms with Crippen LogP contribution in [-0.4, -0.2) is 30.1 Å². The summed E-state index contributed by atoms with van der Waals surface area (Å²) in [6.07, 6.45) is 3.99. The average molecular weight is 353 g/mol. The predicted molar refractivity (Wildman–Crippen MR) is 101 cm³/mol. The van der Waals surface area contributed by atoms with Gasteiger partial charge in [0.25, 0.3) is 5.91 Å². The number of anilines is 1. The van der Waals surface area contributed by atoms with Crippen molar-refractivity contribution < 1.29 is 9.53 Å². The molecule has 128 valence electrons. The van der Waals surface area contributed by atoms with E-state index < -0.39 is 0 Å². The second kappa shape index (κ2) is 7.21. The molecule has 0 bridgehead atoms. The third kappa shape index (κ3) is 3.65. The number of pyridine rings is 1. The van der Waals surface area contributed by atoms with E-state index in [0.29, 0.717) is 5.56 Å². The zero-order valence-electron chi connectivity index (χ0n) is 13.7. The Morgan fingerprint density at radius 1 is 1.16 bits per heavy atom. The van der Waals surface area contributed by atoms with Crippen molar-refractivity contribution in [2.45, 2.75) is 18.9 Å². The molecule has 1 fully saturated rings. The van der Waals surface area contributed by atoms with E-state index in [1.165, 1.54) is 11.3 Å². The van der Waals surface area contributed by atoms with E-state index in [2.05, 4.69) is 15.6 Å². The highest BCUT2D eigenvalue weighted by Gasteiger charge is 2.15. The summed E-state index contributed by atoms with van der Waals surface area (Å²) in [5.41, 5.74) is 2.25. The summed E-state index contributed by atoms with van der Waals surface area (Å²) < 4.78 is 6.90. The van der Waals surface area contributed by atoms with Gasteiger partial charge in [-0.25, -0.2) is 0 Å². The van der Waals surface area contributed by atoms with Crippen molar-refractivity contribution in [3.8, 4) is 5.75 Å². The molecule has 1 amide bonds. The third-order valence-electron chi connectivity index (χ3n) is 4.29. The van der Waals surface area contributed by atoms with Gasteiger partial charge in [0.1, 0.15) is 11.9 Å². The number of hydrogen-bond acceptors (Lipinski definition) is 5. The molecule has 5 nitrogen and oxygen atoms in total. The monoisotopic (exact) mass is 353 g/mol. The first-order valence-corrected chi connectivity index (χ1v) is 9.28. The quantitative estimate of drug-likeness (QED) is 0.751. The first-order chi connectivity index (χ1) is 12.3. The number of aromatic nitrogens is 1. The molecule has 4 rings (SSSR count). The van der Waals surface area contributed by atoms with E-state index in [0.717, 1.165) is 47.6 Å². The molecule has 0 spiro atoms. The second-order valence-corrected chi connectivity index (χ2v) is 6.96. The van der Waals surface area contributed by atoms with Crippen LogP contribution in [0.1, 0.15) is 23.2 Å². The number of nitrogens with one attached hydrogen (secondary N) is 2. The SMILES string of the molecule is O=C(Nc1ccc(OC2CCNCC2)cc1)c1ccnc2ccsc12. The van der Waals surface area contributed by atoms with Crippen LogP contribution >= 0.6 is 11.3 Å². The molecule has 25 heavy (non-hydrogen) atoms. The van der Waals surface area contributed by atoms with Crippen LogP contribution in [0, 0.1) is 0 Å². The highest BCUT2D eigenvalue weighted by molar-refractivity contribution is 7.17. The lowest BCUT2D eigenvalue weighted by atomic mass is 10.1. The molecule has 0 saturated carbocycles. The fourth-order valence-corrected chi connectivity index (χ4v) is 3.84. The standard InChI is InChI=1S/C19H19N3O2S/c23-19(16-7-11-21-17-8-12-25-18(16)17)22-13-1-3-14(4-2-13)24-15-5-9-20-10-6-15/h1-4,7-8,11-12,15,20H,5-6,9-10H2,(H,22,23). The van der Waals surface area contributed by atoms with Crippen LogP contribution in [-0.2, 0) is 0 Å². The van der Waals surface area contributed by atoms with E-state index in [1.807, 2.05) is 35.7 Å². The van der Waals surface area contributed by atoms with E-state index in [4.69, 9.17) is 4.74 Å². The fraction of sp³-hybridized carbons (Fsp3) is 0.263. The number of benzene rings is 1. The van der Waals surface area contributed by atoms with E-state index >= 15 is 0 Å². The molecular weight excluding hydrogens is 334 g/mol. The fourth-order valence-electron chi connectivity index (χ4n) is 2.97. The average Bonchev–Trinajstić information content (AvgIpc) is 3.13.